The lowest BCUT2D eigenvalue weighted by molar-refractivity contribution is 0.567. The summed E-state index contributed by atoms with van der Waals surface area (Å²) in [7, 11) is 3.92. The first kappa shape index (κ1) is 14.0. The largest absolute Gasteiger partial charge is 0.383 e. The van der Waals surface area contributed by atoms with Crippen LogP contribution in [0.15, 0.2) is 60.8 Å². The molecule has 0 saturated heterocycles. The summed E-state index contributed by atoms with van der Waals surface area (Å²) < 4.78 is 1.72. The fourth-order valence-corrected chi connectivity index (χ4v) is 2.12. The number of aromatic nitrogens is 4. The Hall–Kier alpha value is -2.95. The summed E-state index contributed by atoms with van der Waals surface area (Å²) in [6.07, 6.45) is 3.80. The monoisotopic (exact) mass is 291 g/mol. The molecule has 0 bridgehead atoms. The number of tetrazole rings is 1. The van der Waals surface area contributed by atoms with Crippen molar-refractivity contribution in [3.05, 3.63) is 66.6 Å². The fraction of sp³-hybridized carbons (Fsp3) is 0.118. The molecule has 0 fully saturated rings. The van der Waals surface area contributed by atoms with Crippen LogP contribution < -0.4 is 0 Å². The van der Waals surface area contributed by atoms with Gasteiger partial charge in [0.2, 0.25) is 0 Å². The summed E-state index contributed by atoms with van der Waals surface area (Å²) in [5.74, 6) is 0.696. The zero-order chi connectivity index (χ0) is 15.4. The van der Waals surface area contributed by atoms with E-state index in [1.54, 1.807) is 4.68 Å². The summed E-state index contributed by atoms with van der Waals surface area (Å²) in [5, 5.41) is 11.8. The Balaban J connectivity index is 1.89. The second kappa shape index (κ2) is 6.22. The third kappa shape index (κ3) is 3.03. The maximum absolute atomic E-state index is 4.05. The second-order valence-corrected chi connectivity index (χ2v) is 5.14. The molecule has 0 spiro atoms. The topological polar surface area (TPSA) is 46.8 Å². The normalized spacial score (nSPS) is 11.0. The molecule has 5 nitrogen and oxygen atoms in total. The highest BCUT2D eigenvalue weighted by molar-refractivity contribution is 5.64. The summed E-state index contributed by atoms with van der Waals surface area (Å²) in [4.78, 5) is 1.94. The molecule has 0 amide bonds. The van der Waals surface area contributed by atoms with Gasteiger partial charge in [-0.3, -0.25) is 0 Å². The van der Waals surface area contributed by atoms with Crippen molar-refractivity contribution in [3.8, 4) is 16.8 Å². The predicted molar refractivity (Wildman–Crippen MR) is 87.3 cm³/mol. The molecule has 1 heterocycles. The number of hydrogen-bond donors (Lipinski definition) is 0. The molecule has 0 N–H and O–H groups in total. The Kier molecular flexibility index (Phi) is 3.96. The van der Waals surface area contributed by atoms with Crippen LogP contribution >= 0.6 is 0 Å². The lowest BCUT2D eigenvalue weighted by atomic mass is 10.1. The molecule has 0 radical (unpaired) electrons. The highest BCUT2D eigenvalue weighted by Crippen LogP contribution is 2.20. The van der Waals surface area contributed by atoms with Gasteiger partial charge in [0.25, 0.3) is 0 Å². The van der Waals surface area contributed by atoms with Gasteiger partial charge in [0, 0.05) is 26.4 Å². The molecule has 0 atom stereocenters. The van der Waals surface area contributed by atoms with Crippen molar-refractivity contribution < 1.29 is 0 Å². The molecule has 0 saturated carbocycles. The molecule has 3 rings (SSSR count). The summed E-state index contributed by atoms with van der Waals surface area (Å²) in [5.41, 5.74) is 3.30. The summed E-state index contributed by atoms with van der Waals surface area (Å²) in [6.45, 7) is 0. The molecule has 2 aromatic carbocycles. The number of nitrogens with zero attached hydrogens (tertiary/aromatic N) is 5. The first-order valence-electron chi connectivity index (χ1n) is 7.03. The molecule has 3 aromatic rings. The minimum atomic E-state index is 0.696. The summed E-state index contributed by atoms with van der Waals surface area (Å²) in [6, 6.07) is 18.5. The smallest absolute Gasteiger partial charge is 0.181 e. The van der Waals surface area contributed by atoms with Gasteiger partial charge in [-0.1, -0.05) is 42.5 Å². The summed E-state index contributed by atoms with van der Waals surface area (Å²) >= 11 is 0. The quantitative estimate of drug-likeness (QED) is 0.741. The molecule has 0 aliphatic carbocycles. The molecule has 22 heavy (non-hydrogen) atoms. The molecule has 0 aliphatic rings. The van der Waals surface area contributed by atoms with Crippen LogP contribution in [0.2, 0.25) is 0 Å². The van der Waals surface area contributed by atoms with Gasteiger partial charge in [-0.15, -0.1) is 5.10 Å². The van der Waals surface area contributed by atoms with Crippen molar-refractivity contribution in [1.29, 1.82) is 0 Å². The zero-order valence-electron chi connectivity index (χ0n) is 12.6. The van der Waals surface area contributed by atoms with Crippen LogP contribution in [-0.2, 0) is 0 Å². The van der Waals surface area contributed by atoms with Crippen molar-refractivity contribution in [3.63, 3.8) is 0 Å². The van der Waals surface area contributed by atoms with Crippen LogP contribution in [0.4, 0.5) is 0 Å². The van der Waals surface area contributed by atoms with E-state index in [0.29, 0.717) is 5.82 Å². The van der Waals surface area contributed by atoms with Crippen molar-refractivity contribution in [2.75, 3.05) is 14.1 Å². The molecule has 0 aliphatic heterocycles. The van der Waals surface area contributed by atoms with E-state index >= 15 is 0 Å². The van der Waals surface area contributed by atoms with Gasteiger partial charge < -0.3 is 4.90 Å². The fourth-order valence-electron chi connectivity index (χ4n) is 2.12. The van der Waals surface area contributed by atoms with Crippen molar-refractivity contribution in [1.82, 2.24) is 25.1 Å². The number of rotatable bonds is 4. The van der Waals surface area contributed by atoms with Gasteiger partial charge in [0.1, 0.15) is 0 Å². The van der Waals surface area contributed by atoms with Gasteiger partial charge in [0.15, 0.2) is 5.82 Å². The van der Waals surface area contributed by atoms with Gasteiger partial charge in [-0.05, 0) is 33.7 Å². The molecule has 1 aromatic heterocycles. The molecular weight excluding hydrogens is 274 g/mol. The van der Waals surface area contributed by atoms with Crippen LogP contribution in [-0.4, -0.2) is 39.2 Å². The van der Waals surface area contributed by atoms with Crippen LogP contribution in [0.1, 0.15) is 5.82 Å². The number of hydrogen-bond acceptors (Lipinski definition) is 4. The van der Waals surface area contributed by atoms with Crippen LogP contribution in [0.25, 0.3) is 22.9 Å². The Bertz CT molecular complexity index is 757. The molecule has 110 valence electrons. The lowest BCUT2D eigenvalue weighted by Crippen LogP contribution is -2.03. The Morgan fingerprint density at radius 1 is 0.909 bits per heavy atom. The maximum Gasteiger partial charge on any atom is 0.181 e. The van der Waals surface area contributed by atoms with Crippen LogP contribution in [0, 0.1) is 0 Å². The van der Waals surface area contributed by atoms with Crippen molar-refractivity contribution in [2.24, 2.45) is 0 Å². The van der Waals surface area contributed by atoms with Gasteiger partial charge in [-0.25, -0.2) is 0 Å². The van der Waals surface area contributed by atoms with E-state index in [9.17, 15) is 0 Å². The van der Waals surface area contributed by atoms with Gasteiger partial charge in [-0.2, -0.15) is 4.68 Å². The van der Waals surface area contributed by atoms with E-state index in [1.807, 2.05) is 61.6 Å². The highest BCUT2D eigenvalue weighted by Gasteiger charge is 2.05. The Morgan fingerprint density at radius 2 is 1.59 bits per heavy atom. The first-order chi connectivity index (χ1) is 10.7. The second-order valence-electron chi connectivity index (χ2n) is 5.14. The maximum atomic E-state index is 4.05. The Labute approximate surface area is 129 Å². The standard InChI is InChI=1S/C17H17N5/c1-21(2)13-12-17-18-19-20-22(17)16-10-8-15(9-11-16)14-6-4-3-5-7-14/h3-13H,1-2H3/b13-12-. The van der Waals surface area contributed by atoms with Gasteiger partial charge in [0.05, 0.1) is 5.69 Å². The van der Waals surface area contributed by atoms with E-state index in [1.165, 1.54) is 11.1 Å². The average Bonchev–Trinajstić information content (AvgIpc) is 3.02. The molecular formula is C17H17N5. The van der Waals surface area contributed by atoms with Gasteiger partial charge >= 0.3 is 0 Å². The SMILES string of the molecule is CN(C)/C=C\c1nnnn1-c1ccc(-c2ccccc2)cc1. The zero-order valence-corrected chi connectivity index (χ0v) is 12.6. The van der Waals surface area contributed by atoms with Crippen molar-refractivity contribution >= 4 is 6.08 Å². The molecule has 5 heteroatoms. The minimum Gasteiger partial charge on any atom is -0.383 e. The van der Waals surface area contributed by atoms with Crippen LogP contribution in [0.3, 0.4) is 0 Å². The third-order valence-corrected chi connectivity index (χ3v) is 3.23. The first-order valence-corrected chi connectivity index (χ1v) is 7.03. The Morgan fingerprint density at radius 3 is 2.27 bits per heavy atom. The predicted octanol–water partition coefficient (Wildman–Crippen LogP) is 2.86. The lowest BCUT2D eigenvalue weighted by Gasteiger charge is -2.06. The van der Waals surface area contributed by atoms with E-state index in [4.69, 9.17) is 0 Å². The van der Waals surface area contributed by atoms with E-state index < -0.39 is 0 Å². The third-order valence-electron chi connectivity index (χ3n) is 3.23. The number of benzene rings is 2. The van der Waals surface area contributed by atoms with E-state index in [-0.39, 0.29) is 0 Å². The van der Waals surface area contributed by atoms with Crippen molar-refractivity contribution in [2.45, 2.75) is 0 Å². The average molecular weight is 291 g/mol. The minimum absolute atomic E-state index is 0.696. The highest BCUT2D eigenvalue weighted by atomic mass is 15.5. The van der Waals surface area contributed by atoms with E-state index in [0.717, 1.165) is 5.69 Å². The molecule has 0 unspecified atom stereocenters. The van der Waals surface area contributed by atoms with Crippen LogP contribution in [0.5, 0.6) is 0 Å². The van der Waals surface area contributed by atoms with E-state index in [2.05, 4.69) is 39.8 Å².